The molecule has 0 aromatic heterocycles. The average molecular weight is 198 g/mol. The number of piperazine rings is 1. The van der Waals surface area contributed by atoms with Crippen LogP contribution in [0.4, 0.5) is 0 Å². The van der Waals surface area contributed by atoms with Crippen molar-refractivity contribution in [2.45, 2.75) is 52.6 Å². The van der Waals surface area contributed by atoms with Crippen molar-refractivity contribution in [3.8, 4) is 0 Å². The Bertz CT molecular complexity index is 148. The van der Waals surface area contributed by atoms with Crippen LogP contribution in [0, 0.1) is 5.92 Å². The first-order valence-electron chi connectivity index (χ1n) is 6.10. The van der Waals surface area contributed by atoms with Gasteiger partial charge in [-0.05, 0) is 26.2 Å². The number of hydrogen-bond donors (Lipinski definition) is 1. The first-order valence-corrected chi connectivity index (χ1v) is 6.10. The van der Waals surface area contributed by atoms with Gasteiger partial charge in [0.1, 0.15) is 0 Å². The zero-order chi connectivity index (χ0) is 10.6. The van der Waals surface area contributed by atoms with Crippen molar-refractivity contribution >= 4 is 0 Å². The molecule has 0 radical (unpaired) electrons. The largest absolute Gasteiger partial charge is 0.309 e. The van der Waals surface area contributed by atoms with Gasteiger partial charge in [-0.15, -0.1) is 0 Å². The van der Waals surface area contributed by atoms with E-state index in [1.807, 2.05) is 0 Å². The van der Waals surface area contributed by atoms with Gasteiger partial charge in [0, 0.05) is 31.7 Å². The van der Waals surface area contributed by atoms with Gasteiger partial charge in [0.2, 0.25) is 0 Å². The third-order valence-electron chi connectivity index (χ3n) is 2.98. The van der Waals surface area contributed by atoms with Crippen molar-refractivity contribution < 1.29 is 0 Å². The standard InChI is InChI=1S/C12H26N2/c1-5-6-10(2)7-14-8-11(3)13-12(4)9-14/h10-13H,5-9H2,1-4H3. The Morgan fingerprint density at radius 2 is 1.86 bits per heavy atom. The Hall–Kier alpha value is -0.0800. The molecule has 0 amide bonds. The second kappa shape index (κ2) is 5.72. The highest BCUT2D eigenvalue weighted by molar-refractivity contribution is 4.81. The van der Waals surface area contributed by atoms with Crippen LogP contribution >= 0.6 is 0 Å². The molecule has 0 aromatic carbocycles. The Balaban J connectivity index is 2.29. The van der Waals surface area contributed by atoms with E-state index < -0.39 is 0 Å². The zero-order valence-corrected chi connectivity index (χ0v) is 10.2. The van der Waals surface area contributed by atoms with Crippen molar-refractivity contribution in [1.82, 2.24) is 10.2 Å². The molecule has 3 unspecified atom stereocenters. The SMILES string of the molecule is CCCC(C)CN1CC(C)NC(C)C1. The van der Waals surface area contributed by atoms with E-state index in [-0.39, 0.29) is 0 Å². The molecular weight excluding hydrogens is 172 g/mol. The second-order valence-corrected chi connectivity index (χ2v) is 5.08. The minimum absolute atomic E-state index is 0.660. The molecule has 1 aliphatic heterocycles. The van der Waals surface area contributed by atoms with Crippen molar-refractivity contribution in [2.75, 3.05) is 19.6 Å². The number of rotatable bonds is 4. The van der Waals surface area contributed by atoms with E-state index in [9.17, 15) is 0 Å². The molecular formula is C12H26N2. The van der Waals surface area contributed by atoms with Crippen molar-refractivity contribution in [2.24, 2.45) is 5.92 Å². The van der Waals surface area contributed by atoms with Crippen LogP contribution in [0.2, 0.25) is 0 Å². The lowest BCUT2D eigenvalue weighted by Gasteiger charge is -2.37. The Kier molecular flexibility index (Phi) is 4.90. The minimum Gasteiger partial charge on any atom is -0.309 e. The fraction of sp³-hybridized carbons (Fsp3) is 1.00. The summed E-state index contributed by atoms with van der Waals surface area (Å²) in [5.74, 6) is 0.859. The van der Waals surface area contributed by atoms with Crippen LogP contribution in [0.3, 0.4) is 0 Å². The average Bonchev–Trinajstić information content (AvgIpc) is 2.01. The molecule has 0 aromatic rings. The fourth-order valence-electron chi connectivity index (χ4n) is 2.61. The predicted molar refractivity (Wildman–Crippen MR) is 62.6 cm³/mol. The topological polar surface area (TPSA) is 15.3 Å². The summed E-state index contributed by atoms with van der Waals surface area (Å²) < 4.78 is 0. The highest BCUT2D eigenvalue weighted by atomic mass is 15.2. The lowest BCUT2D eigenvalue weighted by atomic mass is 10.0. The molecule has 1 rings (SSSR count). The van der Waals surface area contributed by atoms with E-state index in [2.05, 4.69) is 37.9 Å². The summed E-state index contributed by atoms with van der Waals surface area (Å²) in [5, 5.41) is 3.57. The first-order chi connectivity index (χ1) is 6.61. The molecule has 1 fully saturated rings. The third kappa shape index (κ3) is 3.97. The molecule has 0 bridgehead atoms. The summed E-state index contributed by atoms with van der Waals surface area (Å²) in [4.78, 5) is 2.62. The van der Waals surface area contributed by atoms with E-state index in [0.29, 0.717) is 12.1 Å². The van der Waals surface area contributed by atoms with Crippen LogP contribution in [-0.2, 0) is 0 Å². The number of nitrogens with one attached hydrogen (secondary N) is 1. The summed E-state index contributed by atoms with van der Waals surface area (Å²) in [7, 11) is 0. The minimum atomic E-state index is 0.660. The third-order valence-corrected chi connectivity index (χ3v) is 2.98. The maximum Gasteiger partial charge on any atom is 0.0169 e. The second-order valence-electron chi connectivity index (χ2n) is 5.08. The van der Waals surface area contributed by atoms with E-state index in [0.717, 1.165) is 5.92 Å². The maximum atomic E-state index is 3.57. The lowest BCUT2D eigenvalue weighted by molar-refractivity contribution is 0.152. The summed E-state index contributed by atoms with van der Waals surface area (Å²) in [6.07, 6.45) is 2.69. The van der Waals surface area contributed by atoms with Crippen LogP contribution in [-0.4, -0.2) is 36.6 Å². The Morgan fingerprint density at radius 1 is 1.29 bits per heavy atom. The van der Waals surface area contributed by atoms with Gasteiger partial charge in [0.15, 0.2) is 0 Å². The van der Waals surface area contributed by atoms with Gasteiger partial charge < -0.3 is 10.2 Å². The maximum absolute atomic E-state index is 3.57. The quantitative estimate of drug-likeness (QED) is 0.744. The van der Waals surface area contributed by atoms with Crippen LogP contribution in [0.25, 0.3) is 0 Å². The van der Waals surface area contributed by atoms with Crippen molar-refractivity contribution in [3.63, 3.8) is 0 Å². The zero-order valence-electron chi connectivity index (χ0n) is 10.2. The molecule has 3 atom stereocenters. The molecule has 84 valence electrons. The smallest absolute Gasteiger partial charge is 0.0169 e. The molecule has 0 aliphatic carbocycles. The van der Waals surface area contributed by atoms with Gasteiger partial charge in [-0.3, -0.25) is 0 Å². The van der Waals surface area contributed by atoms with Gasteiger partial charge in [-0.25, -0.2) is 0 Å². The summed E-state index contributed by atoms with van der Waals surface area (Å²) in [6.45, 7) is 12.9. The predicted octanol–water partition coefficient (Wildman–Crippen LogP) is 2.10. The normalized spacial score (nSPS) is 31.7. The first kappa shape index (κ1) is 12.0. The number of hydrogen-bond acceptors (Lipinski definition) is 2. The van der Waals surface area contributed by atoms with E-state index in [1.165, 1.54) is 32.5 Å². The molecule has 1 saturated heterocycles. The van der Waals surface area contributed by atoms with Gasteiger partial charge in [-0.1, -0.05) is 20.3 Å². The van der Waals surface area contributed by atoms with Crippen molar-refractivity contribution in [3.05, 3.63) is 0 Å². The van der Waals surface area contributed by atoms with Gasteiger partial charge in [-0.2, -0.15) is 0 Å². The molecule has 0 spiro atoms. The molecule has 2 heteroatoms. The molecule has 14 heavy (non-hydrogen) atoms. The molecule has 0 saturated carbocycles. The van der Waals surface area contributed by atoms with Crippen molar-refractivity contribution in [1.29, 1.82) is 0 Å². The fourth-order valence-corrected chi connectivity index (χ4v) is 2.61. The lowest BCUT2D eigenvalue weighted by Crippen LogP contribution is -2.54. The summed E-state index contributed by atoms with van der Waals surface area (Å²) in [5.41, 5.74) is 0. The Morgan fingerprint density at radius 3 is 2.36 bits per heavy atom. The van der Waals surface area contributed by atoms with Gasteiger partial charge in [0.25, 0.3) is 0 Å². The van der Waals surface area contributed by atoms with Crippen LogP contribution in [0.5, 0.6) is 0 Å². The van der Waals surface area contributed by atoms with E-state index >= 15 is 0 Å². The van der Waals surface area contributed by atoms with Gasteiger partial charge in [0.05, 0.1) is 0 Å². The van der Waals surface area contributed by atoms with Gasteiger partial charge >= 0.3 is 0 Å². The molecule has 2 nitrogen and oxygen atoms in total. The summed E-state index contributed by atoms with van der Waals surface area (Å²) >= 11 is 0. The number of nitrogens with zero attached hydrogens (tertiary/aromatic N) is 1. The summed E-state index contributed by atoms with van der Waals surface area (Å²) in [6, 6.07) is 1.32. The van der Waals surface area contributed by atoms with Crippen LogP contribution < -0.4 is 5.32 Å². The molecule has 1 N–H and O–H groups in total. The highest BCUT2D eigenvalue weighted by Gasteiger charge is 2.21. The van der Waals surface area contributed by atoms with E-state index in [1.54, 1.807) is 0 Å². The molecule has 1 aliphatic rings. The van der Waals surface area contributed by atoms with Crippen LogP contribution in [0.1, 0.15) is 40.5 Å². The molecule has 1 heterocycles. The van der Waals surface area contributed by atoms with E-state index in [4.69, 9.17) is 0 Å². The monoisotopic (exact) mass is 198 g/mol. The van der Waals surface area contributed by atoms with Crippen LogP contribution in [0.15, 0.2) is 0 Å². The Labute approximate surface area is 89.1 Å². The highest BCUT2D eigenvalue weighted by Crippen LogP contribution is 2.11.